The SMILES string of the molecule is NCc1ccc(SS)cc1. The molecule has 0 spiro atoms. The summed E-state index contributed by atoms with van der Waals surface area (Å²) in [5.41, 5.74) is 6.57. The van der Waals surface area contributed by atoms with Crippen molar-refractivity contribution in [1.29, 1.82) is 0 Å². The van der Waals surface area contributed by atoms with Gasteiger partial charge in [0.1, 0.15) is 0 Å². The number of benzene rings is 1. The van der Waals surface area contributed by atoms with Crippen LogP contribution in [0.5, 0.6) is 0 Å². The quantitative estimate of drug-likeness (QED) is 0.526. The van der Waals surface area contributed by atoms with Crippen molar-refractivity contribution >= 4 is 22.5 Å². The molecule has 0 saturated heterocycles. The van der Waals surface area contributed by atoms with Crippen molar-refractivity contribution < 1.29 is 0 Å². The summed E-state index contributed by atoms with van der Waals surface area (Å²) < 4.78 is 0. The summed E-state index contributed by atoms with van der Waals surface area (Å²) in [6, 6.07) is 8.05. The van der Waals surface area contributed by atoms with Crippen molar-refractivity contribution in [2.45, 2.75) is 11.4 Å². The van der Waals surface area contributed by atoms with Crippen LogP contribution in [0.4, 0.5) is 0 Å². The molecule has 3 heteroatoms. The van der Waals surface area contributed by atoms with Crippen LogP contribution in [0.1, 0.15) is 5.56 Å². The number of hydrogen-bond acceptors (Lipinski definition) is 3. The third-order valence-corrected chi connectivity index (χ3v) is 2.38. The van der Waals surface area contributed by atoms with Crippen molar-refractivity contribution in [2.75, 3.05) is 0 Å². The van der Waals surface area contributed by atoms with E-state index in [1.165, 1.54) is 10.8 Å². The Morgan fingerprint density at radius 3 is 2.30 bits per heavy atom. The van der Waals surface area contributed by atoms with Gasteiger partial charge in [0.25, 0.3) is 0 Å². The first-order valence-corrected chi connectivity index (χ1v) is 4.84. The fraction of sp³-hybridized carbons (Fsp3) is 0.143. The summed E-state index contributed by atoms with van der Waals surface area (Å²) in [5.74, 6) is 0. The molecule has 0 fully saturated rings. The summed E-state index contributed by atoms with van der Waals surface area (Å²) >= 11 is 4.06. The zero-order chi connectivity index (χ0) is 7.40. The Morgan fingerprint density at radius 2 is 1.90 bits per heavy atom. The van der Waals surface area contributed by atoms with Gasteiger partial charge in [0, 0.05) is 11.4 Å². The molecule has 54 valence electrons. The van der Waals surface area contributed by atoms with Gasteiger partial charge in [-0.3, -0.25) is 0 Å². The van der Waals surface area contributed by atoms with E-state index >= 15 is 0 Å². The fourth-order valence-corrected chi connectivity index (χ4v) is 1.31. The average Bonchev–Trinajstić information content (AvgIpc) is 2.05. The van der Waals surface area contributed by atoms with Crippen LogP contribution in [0, 0.1) is 0 Å². The Bertz CT molecular complexity index is 172. The summed E-state index contributed by atoms with van der Waals surface area (Å²) in [7, 11) is 1.44. The lowest BCUT2D eigenvalue weighted by Crippen LogP contribution is -1.94. The largest absolute Gasteiger partial charge is 0.326 e. The Hall–Kier alpha value is -0.120. The van der Waals surface area contributed by atoms with E-state index in [1.807, 2.05) is 24.3 Å². The third kappa shape index (κ3) is 1.94. The normalized spacial score (nSPS) is 9.80. The lowest BCUT2D eigenvalue weighted by atomic mass is 10.2. The molecule has 1 rings (SSSR count). The molecule has 0 aliphatic heterocycles. The maximum atomic E-state index is 5.42. The molecule has 0 bridgehead atoms. The van der Waals surface area contributed by atoms with Gasteiger partial charge in [0.15, 0.2) is 0 Å². The van der Waals surface area contributed by atoms with Crippen LogP contribution in [0.25, 0.3) is 0 Å². The van der Waals surface area contributed by atoms with Crippen LogP contribution in [-0.2, 0) is 6.54 Å². The molecule has 0 heterocycles. The molecule has 1 aromatic carbocycles. The summed E-state index contributed by atoms with van der Waals surface area (Å²) in [6.07, 6.45) is 0. The highest BCUT2D eigenvalue weighted by molar-refractivity contribution is 8.68. The Kier molecular flexibility index (Phi) is 3.12. The van der Waals surface area contributed by atoms with Gasteiger partial charge in [0.2, 0.25) is 0 Å². The summed E-state index contributed by atoms with van der Waals surface area (Å²) in [6.45, 7) is 0.609. The molecule has 1 aromatic rings. The fourth-order valence-electron chi connectivity index (χ4n) is 0.686. The van der Waals surface area contributed by atoms with Gasteiger partial charge in [-0.05, 0) is 17.7 Å². The Labute approximate surface area is 69.8 Å². The second-order valence-electron chi connectivity index (χ2n) is 1.94. The summed E-state index contributed by atoms with van der Waals surface area (Å²) in [4.78, 5) is 1.15. The molecule has 0 aromatic heterocycles. The minimum atomic E-state index is 0.609. The molecule has 0 aliphatic carbocycles. The summed E-state index contributed by atoms with van der Waals surface area (Å²) in [5, 5.41) is 0. The van der Waals surface area contributed by atoms with Crippen molar-refractivity contribution in [2.24, 2.45) is 5.73 Å². The maximum Gasteiger partial charge on any atom is 0.0180 e. The molecule has 0 amide bonds. The van der Waals surface area contributed by atoms with Gasteiger partial charge in [-0.25, -0.2) is 0 Å². The predicted octanol–water partition coefficient (Wildman–Crippen LogP) is 2.08. The number of thiol groups is 1. The molecule has 0 saturated carbocycles. The van der Waals surface area contributed by atoms with Crippen LogP contribution in [0.2, 0.25) is 0 Å². The second-order valence-corrected chi connectivity index (χ2v) is 3.14. The van der Waals surface area contributed by atoms with Gasteiger partial charge in [-0.2, -0.15) is 0 Å². The number of nitrogens with two attached hydrogens (primary N) is 1. The van der Waals surface area contributed by atoms with E-state index in [-0.39, 0.29) is 0 Å². The molecular formula is C7H9NS2. The molecule has 10 heavy (non-hydrogen) atoms. The highest BCUT2D eigenvalue weighted by Gasteiger charge is 1.89. The first kappa shape index (κ1) is 7.98. The van der Waals surface area contributed by atoms with Gasteiger partial charge < -0.3 is 5.73 Å². The van der Waals surface area contributed by atoms with Crippen LogP contribution < -0.4 is 5.73 Å². The third-order valence-electron chi connectivity index (χ3n) is 1.26. The zero-order valence-electron chi connectivity index (χ0n) is 5.45. The van der Waals surface area contributed by atoms with E-state index in [0.29, 0.717) is 6.54 Å². The van der Waals surface area contributed by atoms with Crippen LogP contribution in [0.15, 0.2) is 29.2 Å². The lowest BCUT2D eigenvalue weighted by Gasteiger charge is -1.96. The van der Waals surface area contributed by atoms with Crippen LogP contribution in [-0.4, -0.2) is 0 Å². The van der Waals surface area contributed by atoms with Crippen LogP contribution in [0.3, 0.4) is 0 Å². The molecule has 0 aliphatic rings. The first-order valence-electron chi connectivity index (χ1n) is 2.97. The standard InChI is InChI=1S/C7H9NS2/c8-5-6-1-3-7(10-9)4-2-6/h1-4,9H,5,8H2. The molecular weight excluding hydrogens is 162 g/mol. The molecule has 1 nitrogen and oxygen atoms in total. The van der Waals surface area contributed by atoms with Crippen LogP contribution >= 0.6 is 22.5 Å². The molecule has 0 atom stereocenters. The van der Waals surface area contributed by atoms with E-state index in [0.717, 1.165) is 10.5 Å². The van der Waals surface area contributed by atoms with Crippen molar-refractivity contribution in [3.63, 3.8) is 0 Å². The first-order chi connectivity index (χ1) is 4.86. The van der Waals surface area contributed by atoms with E-state index < -0.39 is 0 Å². The molecule has 0 unspecified atom stereocenters. The minimum Gasteiger partial charge on any atom is -0.326 e. The highest BCUT2D eigenvalue weighted by atomic mass is 33.1. The Balaban J connectivity index is 2.80. The monoisotopic (exact) mass is 171 g/mol. The topological polar surface area (TPSA) is 26.0 Å². The highest BCUT2D eigenvalue weighted by Crippen LogP contribution is 2.20. The smallest absolute Gasteiger partial charge is 0.0180 e. The van der Waals surface area contributed by atoms with Gasteiger partial charge in [-0.1, -0.05) is 22.9 Å². The van der Waals surface area contributed by atoms with E-state index in [9.17, 15) is 0 Å². The van der Waals surface area contributed by atoms with E-state index in [4.69, 9.17) is 5.73 Å². The predicted molar refractivity (Wildman–Crippen MR) is 49.2 cm³/mol. The van der Waals surface area contributed by atoms with Gasteiger partial charge in [-0.15, -0.1) is 11.7 Å². The van der Waals surface area contributed by atoms with Crippen molar-refractivity contribution in [1.82, 2.24) is 0 Å². The second kappa shape index (κ2) is 3.91. The minimum absolute atomic E-state index is 0.609. The average molecular weight is 171 g/mol. The number of rotatable bonds is 2. The lowest BCUT2D eigenvalue weighted by molar-refractivity contribution is 1.07. The Morgan fingerprint density at radius 1 is 1.30 bits per heavy atom. The van der Waals surface area contributed by atoms with Gasteiger partial charge in [0.05, 0.1) is 0 Å². The maximum absolute atomic E-state index is 5.42. The molecule has 0 radical (unpaired) electrons. The van der Waals surface area contributed by atoms with E-state index in [2.05, 4.69) is 11.7 Å². The molecule has 2 N–H and O–H groups in total. The van der Waals surface area contributed by atoms with Gasteiger partial charge >= 0.3 is 0 Å². The number of hydrogen-bond donors (Lipinski definition) is 2. The van der Waals surface area contributed by atoms with Crippen molar-refractivity contribution in [3.05, 3.63) is 29.8 Å². The van der Waals surface area contributed by atoms with E-state index in [1.54, 1.807) is 0 Å². The van der Waals surface area contributed by atoms with Crippen molar-refractivity contribution in [3.8, 4) is 0 Å². The zero-order valence-corrected chi connectivity index (χ0v) is 7.16.